The van der Waals surface area contributed by atoms with E-state index in [4.69, 9.17) is 10.5 Å². The molecule has 23 heavy (non-hydrogen) atoms. The number of nitrogens with two attached hydrogens (primary N) is 1. The Morgan fingerprint density at radius 2 is 2.09 bits per heavy atom. The molecule has 0 bridgehead atoms. The zero-order valence-corrected chi connectivity index (χ0v) is 13.3. The highest BCUT2D eigenvalue weighted by molar-refractivity contribution is 5.76. The first-order valence-corrected chi connectivity index (χ1v) is 7.44. The average molecular weight is 332 g/mol. The molecule has 0 aromatic heterocycles. The molecule has 0 saturated carbocycles. The Balaban J connectivity index is 2.48. The molecule has 4 nitrogen and oxygen atoms in total. The van der Waals surface area contributed by atoms with Crippen LogP contribution in [0.2, 0.25) is 0 Å². The third-order valence-corrected chi connectivity index (χ3v) is 3.69. The number of benzene rings is 1. The van der Waals surface area contributed by atoms with Crippen molar-refractivity contribution in [2.75, 3.05) is 20.2 Å². The minimum Gasteiger partial charge on any atom is -0.380 e. The summed E-state index contributed by atoms with van der Waals surface area (Å²) in [4.78, 5) is 11.7. The van der Waals surface area contributed by atoms with Gasteiger partial charge in [-0.1, -0.05) is 25.1 Å². The predicted molar refractivity (Wildman–Crippen MR) is 82.0 cm³/mol. The minimum absolute atomic E-state index is 0.0923. The first-order valence-electron chi connectivity index (χ1n) is 7.44. The summed E-state index contributed by atoms with van der Waals surface area (Å²) in [6, 6.07) is 5.27. The third-order valence-electron chi connectivity index (χ3n) is 3.69. The fourth-order valence-corrected chi connectivity index (χ4v) is 2.16. The second-order valence-electron chi connectivity index (χ2n) is 5.46. The van der Waals surface area contributed by atoms with Crippen molar-refractivity contribution in [2.24, 2.45) is 5.73 Å². The van der Waals surface area contributed by atoms with Crippen molar-refractivity contribution in [3.8, 4) is 0 Å². The summed E-state index contributed by atoms with van der Waals surface area (Å²) >= 11 is 0. The van der Waals surface area contributed by atoms with Gasteiger partial charge in [0.05, 0.1) is 18.1 Å². The Morgan fingerprint density at radius 3 is 2.65 bits per heavy atom. The summed E-state index contributed by atoms with van der Waals surface area (Å²) in [5.41, 5.74) is 5.38. The monoisotopic (exact) mass is 332 g/mol. The van der Waals surface area contributed by atoms with Gasteiger partial charge in [-0.2, -0.15) is 13.2 Å². The maximum absolute atomic E-state index is 12.7. The number of carbonyl (C=O) groups is 1. The Bertz CT molecular complexity index is 502. The van der Waals surface area contributed by atoms with Crippen LogP contribution >= 0.6 is 0 Å². The summed E-state index contributed by atoms with van der Waals surface area (Å²) < 4.78 is 43.1. The molecule has 1 aromatic carbocycles. The van der Waals surface area contributed by atoms with Gasteiger partial charge in [0.25, 0.3) is 0 Å². The molecule has 1 aromatic rings. The fraction of sp³-hybridized carbons (Fsp3) is 0.562. The molecule has 0 spiro atoms. The maximum Gasteiger partial charge on any atom is 0.416 e. The molecule has 0 saturated heterocycles. The van der Waals surface area contributed by atoms with Crippen LogP contribution in [0.25, 0.3) is 0 Å². The lowest BCUT2D eigenvalue weighted by atomic mass is 9.96. The number of nitrogens with one attached hydrogen (secondary N) is 1. The summed E-state index contributed by atoms with van der Waals surface area (Å²) in [5.74, 6) is -0.274. The smallest absolute Gasteiger partial charge is 0.380 e. The number of halogens is 3. The molecule has 2 unspecified atom stereocenters. The number of alkyl halides is 3. The zero-order valence-electron chi connectivity index (χ0n) is 13.3. The van der Waals surface area contributed by atoms with Gasteiger partial charge in [-0.15, -0.1) is 0 Å². The van der Waals surface area contributed by atoms with E-state index in [1.54, 1.807) is 6.07 Å². The van der Waals surface area contributed by atoms with E-state index in [0.29, 0.717) is 18.5 Å². The van der Waals surface area contributed by atoms with E-state index in [9.17, 15) is 18.0 Å². The van der Waals surface area contributed by atoms with Crippen LogP contribution in [0.15, 0.2) is 24.3 Å². The van der Waals surface area contributed by atoms with Gasteiger partial charge in [-0.3, -0.25) is 4.79 Å². The molecule has 0 heterocycles. The Morgan fingerprint density at radius 1 is 1.39 bits per heavy atom. The van der Waals surface area contributed by atoms with Crippen LogP contribution in [0.5, 0.6) is 0 Å². The third kappa shape index (κ3) is 6.58. The highest BCUT2D eigenvalue weighted by Crippen LogP contribution is 2.31. The van der Waals surface area contributed by atoms with Crippen molar-refractivity contribution in [1.82, 2.24) is 5.32 Å². The van der Waals surface area contributed by atoms with Gasteiger partial charge in [0.15, 0.2) is 0 Å². The van der Waals surface area contributed by atoms with Gasteiger partial charge in [0.1, 0.15) is 0 Å². The van der Waals surface area contributed by atoms with Gasteiger partial charge < -0.3 is 15.8 Å². The van der Waals surface area contributed by atoms with E-state index in [-0.39, 0.29) is 30.9 Å². The lowest BCUT2D eigenvalue weighted by Gasteiger charge is -2.16. The van der Waals surface area contributed by atoms with Crippen LogP contribution in [0, 0.1) is 0 Å². The maximum atomic E-state index is 12.7. The Hall–Kier alpha value is -1.60. The van der Waals surface area contributed by atoms with Crippen LogP contribution in [-0.2, 0) is 15.7 Å². The lowest BCUT2D eigenvalue weighted by molar-refractivity contribution is -0.137. The summed E-state index contributed by atoms with van der Waals surface area (Å²) in [7, 11) is 1.49. The fourth-order valence-electron chi connectivity index (χ4n) is 2.16. The van der Waals surface area contributed by atoms with Crippen LogP contribution in [0.1, 0.15) is 36.8 Å². The molecule has 0 aliphatic heterocycles. The summed E-state index contributed by atoms with van der Waals surface area (Å²) in [5, 5.41) is 2.73. The highest BCUT2D eigenvalue weighted by Gasteiger charge is 2.30. The van der Waals surface area contributed by atoms with Gasteiger partial charge in [0, 0.05) is 20.2 Å². The number of rotatable bonds is 8. The number of hydrogen-bond donors (Lipinski definition) is 2. The molecule has 0 fully saturated rings. The van der Waals surface area contributed by atoms with E-state index in [0.717, 1.165) is 12.1 Å². The van der Waals surface area contributed by atoms with Gasteiger partial charge >= 0.3 is 6.18 Å². The summed E-state index contributed by atoms with van der Waals surface area (Å²) in [6.07, 6.45) is -3.95. The lowest BCUT2D eigenvalue weighted by Crippen LogP contribution is -2.33. The number of ether oxygens (including phenoxy) is 1. The van der Waals surface area contributed by atoms with Crippen molar-refractivity contribution >= 4 is 5.91 Å². The molecule has 130 valence electrons. The number of carbonyl (C=O) groups excluding carboxylic acids is 1. The molecule has 0 aliphatic carbocycles. The predicted octanol–water partition coefficient (Wildman–Crippen LogP) is 2.68. The molecule has 1 rings (SSSR count). The number of methoxy groups -OCH3 is 1. The largest absolute Gasteiger partial charge is 0.416 e. The van der Waals surface area contributed by atoms with Crippen LogP contribution in [0.3, 0.4) is 0 Å². The van der Waals surface area contributed by atoms with Crippen LogP contribution < -0.4 is 11.1 Å². The normalized spacial score (nSPS) is 14.3. The van der Waals surface area contributed by atoms with Crippen molar-refractivity contribution in [3.63, 3.8) is 0 Å². The standard InChI is InChI=1S/C16H23F3N2O2/c1-11(6-7-21-15(22)9-14(10-20)23-2)12-4-3-5-13(8-12)16(17,18)19/h3-5,8,11,14H,6-7,9-10,20H2,1-2H3,(H,21,22). The average Bonchev–Trinajstić information content (AvgIpc) is 2.51. The van der Waals surface area contributed by atoms with Crippen molar-refractivity contribution < 1.29 is 22.7 Å². The van der Waals surface area contributed by atoms with Crippen LogP contribution in [-0.4, -0.2) is 32.2 Å². The highest BCUT2D eigenvalue weighted by atomic mass is 19.4. The molecule has 1 amide bonds. The van der Waals surface area contributed by atoms with Gasteiger partial charge in [-0.05, 0) is 24.0 Å². The molecule has 7 heteroatoms. The van der Waals surface area contributed by atoms with E-state index in [1.165, 1.54) is 13.2 Å². The van der Waals surface area contributed by atoms with E-state index < -0.39 is 11.7 Å². The second-order valence-corrected chi connectivity index (χ2v) is 5.46. The van der Waals surface area contributed by atoms with Crippen molar-refractivity contribution in [2.45, 2.75) is 38.0 Å². The van der Waals surface area contributed by atoms with Gasteiger partial charge in [0.2, 0.25) is 5.91 Å². The van der Waals surface area contributed by atoms with Crippen LogP contribution in [0.4, 0.5) is 13.2 Å². The second kappa shape index (κ2) is 8.88. The minimum atomic E-state index is -4.35. The molecule has 2 atom stereocenters. The Kier molecular flexibility index (Phi) is 7.51. The SMILES string of the molecule is COC(CN)CC(=O)NCCC(C)c1cccc(C(F)(F)F)c1. The topological polar surface area (TPSA) is 64.3 Å². The number of hydrogen-bond acceptors (Lipinski definition) is 3. The first-order chi connectivity index (χ1) is 10.8. The first kappa shape index (κ1) is 19.4. The van der Waals surface area contributed by atoms with E-state index in [2.05, 4.69) is 5.32 Å². The molecular weight excluding hydrogens is 309 g/mol. The van der Waals surface area contributed by atoms with Gasteiger partial charge in [-0.25, -0.2) is 0 Å². The quantitative estimate of drug-likeness (QED) is 0.769. The molecule has 3 N–H and O–H groups in total. The molecular formula is C16H23F3N2O2. The van der Waals surface area contributed by atoms with E-state index in [1.807, 2.05) is 6.92 Å². The molecule has 0 aliphatic rings. The molecule has 0 radical (unpaired) electrons. The Labute approximate surface area is 134 Å². The van der Waals surface area contributed by atoms with E-state index >= 15 is 0 Å². The number of amides is 1. The van der Waals surface area contributed by atoms with Crippen molar-refractivity contribution in [3.05, 3.63) is 35.4 Å². The summed E-state index contributed by atoms with van der Waals surface area (Å²) in [6.45, 7) is 2.47. The zero-order chi connectivity index (χ0) is 17.5. The van der Waals surface area contributed by atoms with Crippen molar-refractivity contribution in [1.29, 1.82) is 0 Å².